The summed E-state index contributed by atoms with van der Waals surface area (Å²) >= 11 is 0. The Bertz CT molecular complexity index is 576. The molecule has 0 bridgehead atoms. The first-order valence-electron chi connectivity index (χ1n) is 4.65. The number of fused-ring (bicyclic) bond motifs is 3. The van der Waals surface area contributed by atoms with Crippen LogP contribution in [0.2, 0.25) is 0 Å². The normalized spacial score (nSPS) is 12.5. The van der Waals surface area contributed by atoms with Crippen molar-refractivity contribution in [2.24, 2.45) is 0 Å². The number of imidazole rings is 1. The van der Waals surface area contributed by atoms with E-state index in [2.05, 4.69) is 9.97 Å². The smallest absolute Gasteiger partial charge is 0.356 e. The van der Waals surface area contributed by atoms with Crippen molar-refractivity contribution in [1.29, 1.82) is 0 Å². The SMILES string of the molecule is O=C(O)c1ncn2c1COc1cccnc1-2. The minimum absolute atomic E-state index is 0.0105. The Kier molecular flexibility index (Phi) is 1.70. The first-order valence-corrected chi connectivity index (χ1v) is 4.65. The van der Waals surface area contributed by atoms with Crippen LogP contribution in [0, 0.1) is 0 Å². The van der Waals surface area contributed by atoms with Crippen molar-refractivity contribution >= 4 is 5.97 Å². The van der Waals surface area contributed by atoms with Crippen LogP contribution < -0.4 is 4.74 Å². The lowest BCUT2D eigenvalue weighted by Crippen LogP contribution is -2.15. The van der Waals surface area contributed by atoms with Crippen molar-refractivity contribution in [1.82, 2.24) is 14.5 Å². The molecule has 0 aromatic carbocycles. The second-order valence-electron chi connectivity index (χ2n) is 3.33. The molecule has 0 unspecified atom stereocenters. The van der Waals surface area contributed by atoms with Crippen LogP contribution in [0.4, 0.5) is 0 Å². The topological polar surface area (TPSA) is 77.2 Å². The summed E-state index contributed by atoms with van der Waals surface area (Å²) < 4.78 is 7.05. The van der Waals surface area contributed by atoms with Crippen molar-refractivity contribution < 1.29 is 14.6 Å². The van der Waals surface area contributed by atoms with E-state index in [1.807, 2.05) is 0 Å². The number of pyridine rings is 1. The molecule has 16 heavy (non-hydrogen) atoms. The molecular formula is C10H7N3O3. The van der Waals surface area contributed by atoms with E-state index in [9.17, 15) is 4.79 Å². The van der Waals surface area contributed by atoms with Gasteiger partial charge in [0.2, 0.25) is 0 Å². The molecule has 0 fully saturated rings. The summed E-state index contributed by atoms with van der Waals surface area (Å²) in [5, 5.41) is 8.93. The van der Waals surface area contributed by atoms with Gasteiger partial charge in [-0.15, -0.1) is 0 Å². The molecule has 6 nitrogen and oxygen atoms in total. The van der Waals surface area contributed by atoms with Gasteiger partial charge >= 0.3 is 5.97 Å². The largest absolute Gasteiger partial charge is 0.483 e. The van der Waals surface area contributed by atoms with Gasteiger partial charge in [0.05, 0.1) is 5.69 Å². The molecular weight excluding hydrogens is 210 g/mol. The number of aromatic carboxylic acids is 1. The molecule has 1 aliphatic rings. The maximum absolute atomic E-state index is 10.9. The number of aromatic nitrogens is 3. The van der Waals surface area contributed by atoms with E-state index in [0.717, 1.165) is 0 Å². The Morgan fingerprint density at radius 3 is 3.19 bits per heavy atom. The average Bonchev–Trinajstić information content (AvgIpc) is 2.73. The fourth-order valence-electron chi connectivity index (χ4n) is 1.69. The van der Waals surface area contributed by atoms with Crippen molar-refractivity contribution in [2.75, 3.05) is 0 Å². The minimum atomic E-state index is -1.06. The number of rotatable bonds is 1. The predicted octanol–water partition coefficient (Wildman–Crippen LogP) is 0.858. The monoisotopic (exact) mass is 217 g/mol. The number of hydrogen-bond acceptors (Lipinski definition) is 4. The van der Waals surface area contributed by atoms with Crippen LogP contribution in [-0.4, -0.2) is 25.6 Å². The van der Waals surface area contributed by atoms with Gasteiger partial charge in [0, 0.05) is 6.20 Å². The van der Waals surface area contributed by atoms with Crippen molar-refractivity contribution in [3.8, 4) is 11.6 Å². The highest BCUT2D eigenvalue weighted by molar-refractivity contribution is 5.87. The van der Waals surface area contributed by atoms with Crippen LogP contribution in [0.25, 0.3) is 5.82 Å². The minimum Gasteiger partial charge on any atom is -0.483 e. The Morgan fingerprint density at radius 2 is 2.38 bits per heavy atom. The molecule has 80 valence electrons. The van der Waals surface area contributed by atoms with E-state index in [1.54, 1.807) is 22.9 Å². The molecule has 2 aromatic heterocycles. The highest BCUT2D eigenvalue weighted by Crippen LogP contribution is 2.28. The maximum Gasteiger partial charge on any atom is 0.356 e. The summed E-state index contributed by atoms with van der Waals surface area (Å²) in [6.07, 6.45) is 3.07. The first kappa shape index (κ1) is 8.90. The molecule has 6 heteroatoms. The second kappa shape index (κ2) is 3.06. The highest BCUT2D eigenvalue weighted by Gasteiger charge is 2.24. The van der Waals surface area contributed by atoms with Crippen LogP contribution in [0.3, 0.4) is 0 Å². The zero-order valence-electron chi connectivity index (χ0n) is 8.12. The third-order valence-corrected chi connectivity index (χ3v) is 2.41. The molecule has 0 spiro atoms. The fourth-order valence-corrected chi connectivity index (χ4v) is 1.69. The second-order valence-corrected chi connectivity index (χ2v) is 3.33. The van der Waals surface area contributed by atoms with E-state index in [-0.39, 0.29) is 12.3 Å². The summed E-state index contributed by atoms with van der Waals surface area (Å²) in [6.45, 7) is 0.195. The molecule has 0 saturated carbocycles. The summed E-state index contributed by atoms with van der Waals surface area (Å²) in [6, 6.07) is 3.55. The third-order valence-electron chi connectivity index (χ3n) is 2.41. The van der Waals surface area contributed by atoms with Crippen molar-refractivity contribution in [2.45, 2.75) is 6.61 Å². The molecule has 0 aliphatic carbocycles. The van der Waals surface area contributed by atoms with Gasteiger partial charge in [-0.2, -0.15) is 0 Å². The van der Waals surface area contributed by atoms with Gasteiger partial charge in [-0.3, -0.25) is 4.57 Å². The van der Waals surface area contributed by atoms with E-state index in [4.69, 9.17) is 9.84 Å². The van der Waals surface area contributed by atoms with Gasteiger partial charge in [-0.25, -0.2) is 14.8 Å². The van der Waals surface area contributed by atoms with Crippen LogP contribution in [0.1, 0.15) is 16.2 Å². The lowest BCUT2D eigenvalue weighted by atomic mass is 10.3. The fraction of sp³-hybridized carbons (Fsp3) is 0.100. The molecule has 0 radical (unpaired) electrons. The lowest BCUT2D eigenvalue weighted by Gasteiger charge is -2.18. The van der Waals surface area contributed by atoms with Crippen LogP contribution in [0.5, 0.6) is 5.75 Å². The Labute approximate surface area is 90.1 Å². The number of nitrogens with zero attached hydrogens (tertiary/aromatic N) is 3. The molecule has 0 atom stereocenters. The van der Waals surface area contributed by atoms with Gasteiger partial charge in [-0.05, 0) is 12.1 Å². The standard InChI is InChI=1S/C10H7N3O3/c14-10(15)8-6-4-16-7-2-1-3-11-9(7)13(6)5-12-8/h1-3,5H,4H2,(H,14,15). The van der Waals surface area contributed by atoms with Gasteiger partial charge in [0.15, 0.2) is 17.3 Å². The van der Waals surface area contributed by atoms with Gasteiger partial charge in [-0.1, -0.05) is 0 Å². The van der Waals surface area contributed by atoms with Gasteiger partial charge < -0.3 is 9.84 Å². The summed E-state index contributed by atoms with van der Waals surface area (Å²) in [5.74, 6) is 0.143. The van der Waals surface area contributed by atoms with E-state index < -0.39 is 5.97 Å². The maximum atomic E-state index is 10.9. The van der Waals surface area contributed by atoms with Crippen LogP contribution in [0.15, 0.2) is 24.7 Å². The van der Waals surface area contributed by atoms with Gasteiger partial charge in [0.1, 0.15) is 12.9 Å². The summed E-state index contributed by atoms with van der Waals surface area (Å²) in [5.41, 5.74) is 0.523. The Balaban J connectivity index is 2.23. The molecule has 1 aliphatic heterocycles. The van der Waals surface area contributed by atoms with E-state index >= 15 is 0 Å². The zero-order valence-corrected chi connectivity index (χ0v) is 8.12. The highest BCUT2D eigenvalue weighted by atomic mass is 16.5. The first-order chi connectivity index (χ1) is 7.77. The molecule has 3 heterocycles. The number of hydrogen-bond donors (Lipinski definition) is 1. The van der Waals surface area contributed by atoms with Crippen LogP contribution >= 0.6 is 0 Å². The number of carbonyl (C=O) groups is 1. The Morgan fingerprint density at radius 1 is 1.50 bits per heavy atom. The van der Waals surface area contributed by atoms with Crippen molar-refractivity contribution in [3.05, 3.63) is 36.0 Å². The summed E-state index contributed by atoms with van der Waals surface area (Å²) in [4.78, 5) is 18.9. The van der Waals surface area contributed by atoms with Crippen LogP contribution in [-0.2, 0) is 6.61 Å². The number of carboxylic acids is 1. The third kappa shape index (κ3) is 1.10. The van der Waals surface area contributed by atoms with Gasteiger partial charge in [0.25, 0.3) is 0 Å². The molecule has 0 amide bonds. The molecule has 2 aromatic rings. The molecule has 0 saturated heterocycles. The summed E-state index contributed by atoms with van der Waals surface area (Å²) in [7, 11) is 0. The van der Waals surface area contributed by atoms with E-state index in [0.29, 0.717) is 17.3 Å². The molecule has 1 N–H and O–H groups in total. The average molecular weight is 217 g/mol. The molecule has 3 rings (SSSR count). The van der Waals surface area contributed by atoms with Crippen molar-refractivity contribution in [3.63, 3.8) is 0 Å². The van der Waals surface area contributed by atoms with E-state index in [1.165, 1.54) is 6.33 Å². The zero-order chi connectivity index (χ0) is 11.1. The lowest BCUT2D eigenvalue weighted by molar-refractivity contribution is 0.0687. The number of ether oxygens (including phenoxy) is 1. The quantitative estimate of drug-likeness (QED) is 0.766. The Hall–Kier alpha value is -2.37. The predicted molar refractivity (Wildman–Crippen MR) is 52.7 cm³/mol. The number of carboxylic acid groups (broad SMARTS) is 1.